The Hall–Kier alpha value is -3.02. The molecule has 0 saturated carbocycles. The Labute approximate surface area is 168 Å². The number of hydrogen-bond donors (Lipinski definition) is 4. The van der Waals surface area contributed by atoms with Gasteiger partial charge in [0.2, 0.25) is 0 Å². The second-order valence-corrected chi connectivity index (χ2v) is 8.81. The zero-order chi connectivity index (χ0) is 21.1. The molecule has 0 radical (unpaired) electrons. The molecule has 0 atom stereocenters. The zero-order valence-electron chi connectivity index (χ0n) is 17.1. The molecular formula is C23H26N2O4. The first-order valence-electron chi connectivity index (χ1n) is 9.94. The molecule has 6 heteroatoms. The molecule has 0 unspecified atom stereocenters. The second-order valence-electron chi connectivity index (χ2n) is 8.81. The minimum atomic E-state index is -0.614. The van der Waals surface area contributed by atoms with Crippen molar-refractivity contribution in [2.45, 2.75) is 46.2 Å². The van der Waals surface area contributed by atoms with Crippen LogP contribution >= 0.6 is 0 Å². The highest BCUT2D eigenvalue weighted by Crippen LogP contribution is 2.47. The number of rotatable bonds is 4. The molecule has 6 nitrogen and oxygen atoms in total. The highest BCUT2D eigenvalue weighted by atomic mass is 16.3. The third kappa shape index (κ3) is 2.94. The van der Waals surface area contributed by atoms with Crippen LogP contribution in [0.2, 0.25) is 0 Å². The van der Waals surface area contributed by atoms with Gasteiger partial charge in [0.25, 0.3) is 0 Å². The van der Waals surface area contributed by atoms with Crippen molar-refractivity contribution in [3.05, 3.63) is 35.0 Å². The van der Waals surface area contributed by atoms with E-state index < -0.39 is 5.66 Å². The van der Waals surface area contributed by atoms with Gasteiger partial charge < -0.3 is 20.4 Å². The summed E-state index contributed by atoms with van der Waals surface area (Å²) in [6.07, 6.45) is 1.54. The highest BCUT2D eigenvalue weighted by Gasteiger charge is 2.34. The van der Waals surface area contributed by atoms with E-state index in [-0.39, 0.29) is 33.8 Å². The average molecular weight is 394 g/mol. The van der Waals surface area contributed by atoms with Gasteiger partial charge in [-0.1, -0.05) is 27.7 Å². The third-order valence-corrected chi connectivity index (χ3v) is 5.40. The number of fused-ring (bicyclic) bond motifs is 4. The Kier molecular flexibility index (Phi) is 4.33. The van der Waals surface area contributed by atoms with E-state index in [1.165, 1.54) is 12.1 Å². The summed E-state index contributed by atoms with van der Waals surface area (Å²) in [4.78, 5) is 9.90. The Morgan fingerprint density at radius 3 is 1.83 bits per heavy atom. The van der Waals surface area contributed by atoms with Crippen molar-refractivity contribution >= 4 is 21.5 Å². The van der Waals surface area contributed by atoms with Crippen LogP contribution in [0.25, 0.3) is 21.5 Å². The van der Waals surface area contributed by atoms with Crippen molar-refractivity contribution < 1.29 is 20.4 Å². The molecule has 1 aliphatic heterocycles. The van der Waals surface area contributed by atoms with Gasteiger partial charge in [0.05, 0.1) is 26.9 Å². The number of hydrogen-bond acceptors (Lipinski definition) is 6. The van der Waals surface area contributed by atoms with E-state index in [1.54, 1.807) is 12.1 Å². The van der Waals surface area contributed by atoms with Crippen molar-refractivity contribution in [1.29, 1.82) is 0 Å². The Morgan fingerprint density at radius 2 is 1.28 bits per heavy atom. The molecule has 1 aliphatic rings. The van der Waals surface area contributed by atoms with Gasteiger partial charge in [-0.15, -0.1) is 0 Å². The summed E-state index contributed by atoms with van der Waals surface area (Å²) in [6.45, 7) is 8.52. The van der Waals surface area contributed by atoms with Crippen molar-refractivity contribution in [3.63, 3.8) is 0 Å². The SMILES string of the molecule is CC(C)CC1(CC(C)C)N=c2ccc3c(O)c4c(O)ccc(O)c4c(O)c3c2=N1. The van der Waals surface area contributed by atoms with Crippen molar-refractivity contribution in [1.82, 2.24) is 0 Å². The monoisotopic (exact) mass is 394 g/mol. The largest absolute Gasteiger partial charge is 0.507 e. The van der Waals surface area contributed by atoms with E-state index in [2.05, 4.69) is 27.7 Å². The van der Waals surface area contributed by atoms with Crippen molar-refractivity contribution in [3.8, 4) is 23.0 Å². The average Bonchev–Trinajstić information content (AvgIpc) is 2.96. The lowest BCUT2D eigenvalue weighted by Gasteiger charge is -2.27. The Bertz CT molecular complexity index is 1250. The van der Waals surface area contributed by atoms with Crippen LogP contribution in [0.5, 0.6) is 23.0 Å². The van der Waals surface area contributed by atoms with E-state index in [0.29, 0.717) is 33.3 Å². The minimum absolute atomic E-state index is 0.00354. The van der Waals surface area contributed by atoms with Crippen molar-refractivity contribution in [2.24, 2.45) is 21.8 Å². The summed E-state index contributed by atoms with van der Waals surface area (Å²) in [5, 5.41) is 44.3. The van der Waals surface area contributed by atoms with Crippen LogP contribution in [0.4, 0.5) is 0 Å². The molecule has 4 rings (SSSR count). The molecule has 1 heterocycles. The van der Waals surface area contributed by atoms with Crippen LogP contribution in [0.15, 0.2) is 34.3 Å². The molecule has 152 valence electrons. The van der Waals surface area contributed by atoms with Gasteiger partial charge in [0.15, 0.2) is 5.66 Å². The smallest absolute Gasteiger partial charge is 0.152 e. The molecule has 3 aromatic rings. The van der Waals surface area contributed by atoms with E-state index in [1.807, 2.05) is 0 Å². The molecule has 0 bridgehead atoms. The second kappa shape index (κ2) is 6.51. The van der Waals surface area contributed by atoms with Gasteiger partial charge in [0.1, 0.15) is 23.0 Å². The van der Waals surface area contributed by atoms with Gasteiger partial charge in [0, 0.05) is 5.39 Å². The summed E-state index contributed by atoms with van der Waals surface area (Å²) in [5.74, 6) is -0.109. The van der Waals surface area contributed by atoms with Crippen molar-refractivity contribution in [2.75, 3.05) is 0 Å². The van der Waals surface area contributed by atoms with E-state index in [0.717, 1.165) is 12.8 Å². The van der Waals surface area contributed by atoms with E-state index in [4.69, 9.17) is 9.98 Å². The van der Waals surface area contributed by atoms with Crippen LogP contribution < -0.4 is 10.7 Å². The van der Waals surface area contributed by atoms with Crippen LogP contribution in [0.1, 0.15) is 40.5 Å². The molecule has 0 aromatic heterocycles. The van der Waals surface area contributed by atoms with E-state index >= 15 is 0 Å². The third-order valence-electron chi connectivity index (χ3n) is 5.40. The van der Waals surface area contributed by atoms with Crippen LogP contribution in [-0.4, -0.2) is 26.1 Å². The molecular weight excluding hydrogens is 368 g/mol. The van der Waals surface area contributed by atoms with Crippen LogP contribution in [0.3, 0.4) is 0 Å². The van der Waals surface area contributed by atoms with E-state index in [9.17, 15) is 20.4 Å². The topological polar surface area (TPSA) is 106 Å². The molecule has 0 amide bonds. The summed E-state index contributed by atoms with van der Waals surface area (Å²) in [5.41, 5.74) is -0.614. The predicted molar refractivity (Wildman–Crippen MR) is 112 cm³/mol. The standard InChI is InChI=1S/C23H26N2O4/c1-11(2)9-23(10-12(3)4)24-14-6-5-13-17(20(14)25-23)22(29)19-16(27)8-7-15(26)18(19)21(13)28/h5-8,11-12,26-29H,9-10H2,1-4H3. The van der Waals surface area contributed by atoms with Gasteiger partial charge in [-0.3, -0.25) is 9.98 Å². The quantitative estimate of drug-likeness (QED) is 0.398. The maximum absolute atomic E-state index is 11.1. The molecule has 4 N–H and O–H groups in total. The molecule has 0 spiro atoms. The predicted octanol–water partition coefficient (Wildman–Crippen LogP) is 3.86. The van der Waals surface area contributed by atoms with Gasteiger partial charge in [-0.25, -0.2) is 0 Å². The van der Waals surface area contributed by atoms with Crippen LogP contribution in [0, 0.1) is 11.8 Å². The first kappa shape index (κ1) is 19.3. The Balaban J connectivity index is 2.14. The fourth-order valence-corrected chi connectivity index (χ4v) is 4.57. The lowest BCUT2D eigenvalue weighted by Crippen LogP contribution is -2.27. The molecule has 0 aliphatic carbocycles. The molecule has 0 saturated heterocycles. The summed E-state index contributed by atoms with van der Waals surface area (Å²) in [6, 6.07) is 6.03. The molecule has 0 fully saturated rings. The van der Waals surface area contributed by atoms with Crippen LogP contribution in [-0.2, 0) is 0 Å². The first-order chi connectivity index (χ1) is 13.6. The summed E-state index contributed by atoms with van der Waals surface area (Å²) >= 11 is 0. The first-order valence-corrected chi connectivity index (χ1v) is 9.94. The fourth-order valence-electron chi connectivity index (χ4n) is 4.57. The normalized spacial score (nSPS) is 15.1. The zero-order valence-corrected chi connectivity index (χ0v) is 17.1. The minimum Gasteiger partial charge on any atom is -0.507 e. The maximum Gasteiger partial charge on any atom is 0.152 e. The van der Waals surface area contributed by atoms with Gasteiger partial charge in [-0.05, 0) is 48.9 Å². The fraction of sp³-hybridized carbons (Fsp3) is 0.391. The number of nitrogens with zero attached hydrogens (tertiary/aromatic N) is 2. The number of benzene rings is 3. The van der Waals surface area contributed by atoms with Gasteiger partial charge in [-0.2, -0.15) is 0 Å². The number of phenols is 4. The summed E-state index contributed by atoms with van der Waals surface area (Å²) < 4.78 is 0. The molecule has 3 aromatic carbocycles. The number of aromatic hydroxyl groups is 4. The Morgan fingerprint density at radius 1 is 0.724 bits per heavy atom. The lowest BCUT2D eigenvalue weighted by molar-refractivity contribution is 0.296. The maximum atomic E-state index is 11.1. The number of phenolic OH excluding ortho intramolecular Hbond substituents is 4. The van der Waals surface area contributed by atoms with Gasteiger partial charge >= 0.3 is 0 Å². The highest BCUT2D eigenvalue weighted by molar-refractivity contribution is 6.14. The molecule has 29 heavy (non-hydrogen) atoms. The summed E-state index contributed by atoms with van der Waals surface area (Å²) in [7, 11) is 0. The lowest BCUT2D eigenvalue weighted by atomic mass is 9.90.